The normalized spacial score (nSPS) is 29.5. The molecule has 1 aromatic rings. The summed E-state index contributed by atoms with van der Waals surface area (Å²) in [5.74, 6) is 1.40. The van der Waals surface area contributed by atoms with Crippen molar-refractivity contribution in [3.8, 4) is 0 Å². The molecule has 0 aromatic carbocycles. The van der Waals surface area contributed by atoms with Crippen LogP contribution in [0.15, 0.2) is 0 Å². The first-order chi connectivity index (χ1) is 7.39. The smallest absolute Gasteiger partial charge is 0.0959 e. The van der Waals surface area contributed by atoms with E-state index in [2.05, 4.69) is 25.8 Å². The van der Waals surface area contributed by atoms with E-state index < -0.39 is 5.60 Å². The number of thiazole rings is 1. The van der Waals surface area contributed by atoms with Crippen molar-refractivity contribution in [2.75, 3.05) is 0 Å². The molecule has 0 bridgehead atoms. The highest BCUT2D eigenvalue weighted by molar-refractivity contribution is 7.11. The quantitative estimate of drug-likeness (QED) is 0.879. The number of rotatable bonds is 3. The van der Waals surface area contributed by atoms with Crippen LogP contribution in [-0.4, -0.2) is 15.7 Å². The van der Waals surface area contributed by atoms with Gasteiger partial charge in [0.05, 0.1) is 16.3 Å². The average Bonchev–Trinajstić information content (AvgIpc) is 2.41. The van der Waals surface area contributed by atoms with Crippen molar-refractivity contribution in [2.24, 2.45) is 11.8 Å². The number of aromatic nitrogens is 1. The predicted molar refractivity (Wildman–Crippen MR) is 67.8 cm³/mol. The second-order valence-corrected chi connectivity index (χ2v) is 6.85. The Bertz CT molecular complexity index is 358. The molecule has 0 spiro atoms. The average molecular weight is 239 g/mol. The molecule has 1 saturated carbocycles. The summed E-state index contributed by atoms with van der Waals surface area (Å²) in [7, 11) is 0. The molecular weight excluding hydrogens is 218 g/mol. The van der Waals surface area contributed by atoms with Crippen LogP contribution in [0.2, 0.25) is 0 Å². The fraction of sp³-hybridized carbons (Fsp3) is 0.769. The zero-order valence-electron chi connectivity index (χ0n) is 10.6. The Hall–Kier alpha value is -0.410. The van der Waals surface area contributed by atoms with Crippen molar-refractivity contribution in [2.45, 2.75) is 52.6 Å². The molecule has 3 heteroatoms. The van der Waals surface area contributed by atoms with E-state index in [4.69, 9.17) is 0 Å². The van der Waals surface area contributed by atoms with Crippen LogP contribution in [0.5, 0.6) is 0 Å². The van der Waals surface area contributed by atoms with Gasteiger partial charge in [-0.1, -0.05) is 13.8 Å². The monoisotopic (exact) mass is 239 g/mol. The number of hydrogen-bond acceptors (Lipinski definition) is 3. The Morgan fingerprint density at radius 2 is 2.06 bits per heavy atom. The van der Waals surface area contributed by atoms with Crippen LogP contribution in [0.3, 0.4) is 0 Å². The van der Waals surface area contributed by atoms with Gasteiger partial charge in [0.15, 0.2) is 0 Å². The van der Waals surface area contributed by atoms with E-state index in [1.807, 2.05) is 6.92 Å². The largest absolute Gasteiger partial charge is 0.389 e. The number of aliphatic hydroxyl groups is 1. The molecule has 2 nitrogen and oxygen atoms in total. The Labute approximate surface area is 102 Å². The molecule has 0 saturated heterocycles. The van der Waals surface area contributed by atoms with Gasteiger partial charge in [0.1, 0.15) is 0 Å². The van der Waals surface area contributed by atoms with Crippen LogP contribution in [0, 0.1) is 25.7 Å². The minimum Gasteiger partial charge on any atom is -0.389 e. The van der Waals surface area contributed by atoms with Crippen molar-refractivity contribution < 1.29 is 5.11 Å². The summed E-state index contributed by atoms with van der Waals surface area (Å²) in [5, 5.41) is 11.4. The lowest BCUT2D eigenvalue weighted by Gasteiger charge is -2.45. The van der Waals surface area contributed by atoms with Gasteiger partial charge < -0.3 is 5.11 Å². The van der Waals surface area contributed by atoms with Crippen molar-refractivity contribution in [1.29, 1.82) is 0 Å². The van der Waals surface area contributed by atoms with Crippen molar-refractivity contribution in [3.63, 3.8) is 0 Å². The SMILES string of the molecule is Cc1nc(CC2(O)CC(C(C)C)C2)sc1C. The molecule has 16 heavy (non-hydrogen) atoms. The number of nitrogens with zero attached hydrogens (tertiary/aromatic N) is 1. The summed E-state index contributed by atoms with van der Waals surface area (Å²) < 4.78 is 0. The molecule has 1 aliphatic rings. The summed E-state index contributed by atoms with van der Waals surface area (Å²) in [6.45, 7) is 8.61. The first-order valence-electron chi connectivity index (χ1n) is 6.05. The highest BCUT2D eigenvalue weighted by Gasteiger charge is 2.44. The molecule has 1 fully saturated rings. The maximum Gasteiger partial charge on any atom is 0.0959 e. The van der Waals surface area contributed by atoms with Crippen LogP contribution < -0.4 is 0 Å². The number of hydrogen-bond donors (Lipinski definition) is 1. The molecule has 90 valence electrons. The van der Waals surface area contributed by atoms with E-state index in [0.717, 1.165) is 30.0 Å². The Kier molecular flexibility index (Phi) is 3.10. The van der Waals surface area contributed by atoms with Gasteiger partial charge >= 0.3 is 0 Å². The van der Waals surface area contributed by atoms with Crippen LogP contribution in [0.4, 0.5) is 0 Å². The molecule has 1 N–H and O–H groups in total. The first-order valence-corrected chi connectivity index (χ1v) is 6.86. The van der Waals surface area contributed by atoms with Gasteiger partial charge in [-0.05, 0) is 38.5 Å². The van der Waals surface area contributed by atoms with Gasteiger partial charge in [0.2, 0.25) is 0 Å². The van der Waals surface area contributed by atoms with Crippen LogP contribution in [-0.2, 0) is 6.42 Å². The Morgan fingerprint density at radius 1 is 1.44 bits per heavy atom. The van der Waals surface area contributed by atoms with E-state index >= 15 is 0 Å². The fourth-order valence-electron chi connectivity index (χ4n) is 2.43. The van der Waals surface area contributed by atoms with Crippen molar-refractivity contribution >= 4 is 11.3 Å². The number of aryl methyl sites for hydroxylation is 2. The third kappa shape index (κ3) is 2.30. The fourth-order valence-corrected chi connectivity index (χ4v) is 3.50. The second kappa shape index (κ2) is 4.11. The van der Waals surface area contributed by atoms with Gasteiger partial charge in [0.25, 0.3) is 0 Å². The molecule has 0 aliphatic heterocycles. The molecule has 1 heterocycles. The zero-order valence-corrected chi connectivity index (χ0v) is 11.4. The highest BCUT2D eigenvalue weighted by atomic mass is 32.1. The molecule has 1 aliphatic carbocycles. The van der Waals surface area contributed by atoms with Gasteiger partial charge in [-0.15, -0.1) is 11.3 Å². The lowest BCUT2D eigenvalue weighted by atomic mass is 9.65. The summed E-state index contributed by atoms with van der Waals surface area (Å²) in [6.07, 6.45) is 2.64. The lowest BCUT2D eigenvalue weighted by molar-refractivity contribution is -0.0860. The van der Waals surface area contributed by atoms with Crippen molar-refractivity contribution in [3.05, 3.63) is 15.6 Å². The summed E-state index contributed by atoms with van der Waals surface area (Å²) in [6, 6.07) is 0. The van der Waals surface area contributed by atoms with Gasteiger partial charge in [0, 0.05) is 11.3 Å². The summed E-state index contributed by atoms with van der Waals surface area (Å²) >= 11 is 1.73. The summed E-state index contributed by atoms with van der Waals surface area (Å²) in [4.78, 5) is 5.78. The third-order valence-electron chi connectivity index (χ3n) is 3.78. The maximum absolute atomic E-state index is 10.3. The topological polar surface area (TPSA) is 33.1 Å². The van der Waals surface area contributed by atoms with E-state index in [1.54, 1.807) is 11.3 Å². The Morgan fingerprint density at radius 3 is 2.50 bits per heavy atom. The molecule has 0 radical (unpaired) electrons. The molecule has 0 atom stereocenters. The van der Waals surface area contributed by atoms with Crippen LogP contribution in [0.25, 0.3) is 0 Å². The molecule has 0 unspecified atom stereocenters. The first kappa shape index (κ1) is 12.1. The minimum atomic E-state index is -0.467. The standard InChI is InChI=1S/C13H21NOS/c1-8(2)11-5-13(15,6-11)7-12-14-9(3)10(4)16-12/h8,11,15H,5-7H2,1-4H3. The van der Waals surface area contributed by atoms with E-state index in [1.165, 1.54) is 4.88 Å². The van der Waals surface area contributed by atoms with E-state index in [9.17, 15) is 5.11 Å². The lowest BCUT2D eigenvalue weighted by Crippen LogP contribution is -2.47. The highest BCUT2D eigenvalue weighted by Crippen LogP contribution is 2.44. The van der Waals surface area contributed by atoms with E-state index in [0.29, 0.717) is 11.8 Å². The predicted octanol–water partition coefficient (Wildman–Crippen LogP) is 3.10. The van der Waals surface area contributed by atoms with Crippen LogP contribution in [0.1, 0.15) is 42.3 Å². The Balaban J connectivity index is 1.96. The van der Waals surface area contributed by atoms with Crippen molar-refractivity contribution in [1.82, 2.24) is 4.98 Å². The second-order valence-electron chi connectivity index (χ2n) is 5.56. The van der Waals surface area contributed by atoms with Gasteiger partial charge in [-0.25, -0.2) is 4.98 Å². The van der Waals surface area contributed by atoms with Gasteiger partial charge in [-0.2, -0.15) is 0 Å². The van der Waals surface area contributed by atoms with Gasteiger partial charge in [-0.3, -0.25) is 0 Å². The van der Waals surface area contributed by atoms with Crippen LogP contribution >= 0.6 is 11.3 Å². The minimum absolute atomic E-state index is 0.467. The molecule has 2 rings (SSSR count). The molecule has 0 amide bonds. The van der Waals surface area contributed by atoms with E-state index in [-0.39, 0.29) is 0 Å². The third-order valence-corrected chi connectivity index (χ3v) is 4.85. The zero-order chi connectivity index (χ0) is 11.9. The molecular formula is C13H21NOS. The summed E-state index contributed by atoms with van der Waals surface area (Å²) in [5.41, 5.74) is 0.648. The molecule has 1 aromatic heterocycles. The maximum atomic E-state index is 10.3.